The number of nitrogens with zero attached hydrogens (tertiary/aromatic N) is 3. The summed E-state index contributed by atoms with van der Waals surface area (Å²) in [6.45, 7) is 0. The van der Waals surface area contributed by atoms with Crippen molar-refractivity contribution in [3.8, 4) is 0 Å². The summed E-state index contributed by atoms with van der Waals surface area (Å²) in [7, 11) is 0. The van der Waals surface area contributed by atoms with Gasteiger partial charge in [-0.15, -0.1) is 5.10 Å². The van der Waals surface area contributed by atoms with E-state index < -0.39 is 17.6 Å². The zero-order valence-corrected chi connectivity index (χ0v) is 13.6. The normalized spacial score (nSPS) is 11.3. The molecule has 0 saturated carbocycles. The number of benzene rings is 2. The number of hydrogen-bond donors (Lipinski definition) is 2. The molecular formula is C16H10ClF4N5. The second-order valence-electron chi connectivity index (χ2n) is 5.12. The molecule has 0 spiro atoms. The van der Waals surface area contributed by atoms with Crippen molar-refractivity contribution in [3.05, 3.63) is 65.1 Å². The zero-order chi connectivity index (χ0) is 18.7. The molecule has 0 atom stereocenters. The molecule has 0 radical (unpaired) electrons. The maximum atomic E-state index is 13.2. The highest BCUT2D eigenvalue weighted by molar-refractivity contribution is 6.33. The van der Waals surface area contributed by atoms with Gasteiger partial charge in [0.2, 0.25) is 5.95 Å². The van der Waals surface area contributed by atoms with Crippen LogP contribution >= 0.6 is 11.6 Å². The number of halogens is 5. The first-order valence-corrected chi connectivity index (χ1v) is 7.55. The van der Waals surface area contributed by atoms with Crippen LogP contribution in [0, 0.1) is 5.82 Å². The summed E-state index contributed by atoms with van der Waals surface area (Å²) < 4.78 is 51.7. The molecule has 1 heterocycles. The molecule has 26 heavy (non-hydrogen) atoms. The first-order chi connectivity index (χ1) is 12.3. The summed E-state index contributed by atoms with van der Waals surface area (Å²) in [6.07, 6.45) is -3.29. The predicted octanol–water partition coefficient (Wildman–Crippen LogP) is 5.17. The van der Waals surface area contributed by atoms with Crippen LogP contribution in [0.15, 0.2) is 48.7 Å². The van der Waals surface area contributed by atoms with Crippen LogP contribution in [0.5, 0.6) is 0 Å². The molecule has 0 bridgehead atoms. The minimum Gasteiger partial charge on any atom is -0.338 e. The molecule has 0 saturated heterocycles. The Morgan fingerprint density at radius 3 is 2.54 bits per heavy atom. The quantitative estimate of drug-likeness (QED) is 0.608. The lowest BCUT2D eigenvalue weighted by Crippen LogP contribution is -2.06. The predicted molar refractivity (Wildman–Crippen MR) is 89.2 cm³/mol. The fraction of sp³-hybridized carbons (Fsp3) is 0.0625. The molecule has 3 aromatic rings. The van der Waals surface area contributed by atoms with E-state index in [2.05, 4.69) is 25.8 Å². The van der Waals surface area contributed by atoms with E-state index >= 15 is 0 Å². The van der Waals surface area contributed by atoms with E-state index in [-0.39, 0.29) is 22.5 Å². The average molecular weight is 384 g/mol. The van der Waals surface area contributed by atoms with E-state index in [1.807, 2.05) is 0 Å². The van der Waals surface area contributed by atoms with Gasteiger partial charge in [-0.1, -0.05) is 17.7 Å². The Labute approximate surface area is 150 Å². The molecule has 5 nitrogen and oxygen atoms in total. The molecule has 0 fully saturated rings. The second-order valence-corrected chi connectivity index (χ2v) is 5.53. The Balaban J connectivity index is 1.83. The van der Waals surface area contributed by atoms with E-state index in [0.29, 0.717) is 5.69 Å². The molecule has 0 aliphatic carbocycles. The molecule has 0 unspecified atom stereocenters. The van der Waals surface area contributed by atoms with Crippen molar-refractivity contribution in [2.24, 2.45) is 0 Å². The molecule has 2 aromatic carbocycles. The molecule has 10 heteroatoms. The third-order valence-corrected chi connectivity index (χ3v) is 3.53. The van der Waals surface area contributed by atoms with Gasteiger partial charge in [0.15, 0.2) is 5.82 Å². The van der Waals surface area contributed by atoms with Crippen molar-refractivity contribution in [2.45, 2.75) is 6.18 Å². The molecule has 1 aromatic heterocycles. The first-order valence-electron chi connectivity index (χ1n) is 7.17. The van der Waals surface area contributed by atoms with Crippen LogP contribution in [0.3, 0.4) is 0 Å². The zero-order valence-electron chi connectivity index (χ0n) is 12.9. The number of anilines is 4. The number of alkyl halides is 3. The van der Waals surface area contributed by atoms with Crippen LogP contribution in [0.25, 0.3) is 0 Å². The Kier molecular flexibility index (Phi) is 4.90. The minimum atomic E-state index is -4.50. The highest BCUT2D eigenvalue weighted by atomic mass is 35.5. The van der Waals surface area contributed by atoms with Gasteiger partial charge in [0.1, 0.15) is 5.82 Å². The van der Waals surface area contributed by atoms with Crippen LogP contribution in [0.4, 0.5) is 40.7 Å². The van der Waals surface area contributed by atoms with Crippen molar-refractivity contribution >= 4 is 34.7 Å². The van der Waals surface area contributed by atoms with Crippen molar-refractivity contribution < 1.29 is 17.6 Å². The highest BCUT2D eigenvalue weighted by Gasteiger charge is 2.31. The smallest absolute Gasteiger partial charge is 0.338 e. The van der Waals surface area contributed by atoms with Crippen LogP contribution < -0.4 is 10.6 Å². The molecular weight excluding hydrogens is 374 g/mol. The summed E-state index contributed by atoms with van der Waals surface area (Å²) in [5.74, 6) is -0.309. The lowest BCUT2D eigenvalue weighted by Gasteiger charge is -2.12. The lowest BCUT2D eigenvalue weighted by molar-refractivity contribution is -0.137. The van der Waals surface area contributed by atoms with Gasteiger partial charge >= 0.3 is 6.18 Å². The lowest BCUT2D eigenvalue weighted by atomic mass is 10.2. The Hall–Kier alpha value is -2.94. The summed E-state index contributed by atoms with van der Waals surface area (Å²) in [5.41, 5.74) is -0.454. The van der Waals surface area contributed by atoms with E-state index in [4.69, 9.17) is 11.6 Å². The van der Waals surface area contributed by atoms with Gasteiger partial charge in [-0.2, -0.15) is 23.3 Å². The average Bonchev–Trinajstić information content (AvgIpc) is 2.56. The summed E-state index contributed by atoms with van der Waals surface area (Å²) in [4.78, 5) is 4.07. The Bertz CT molecular complexity index is 933. The van der Waals surface area contributed by atoms with Gasteiger partial charge in [-0.05, 0) is 36.4 Å². The van der Waals surface area contributed by atoms with Crippen molar-refractivity contribution in [3.63, 3.8) is 0 Å². The minimum absolute atomic E-state index is 0.0127. The van der Waals surface area contributed by atoms with E-state index in [0.717, 1.165) is 18.2 Å². The van der Waals surface area contributed by atoms with E-state index in [9.17, 15) is 17.6 Å². The number of aromatic nitrogens is 3. The molecule has 0 amide bonds. The largest absolute Gasteiger partial charge is 0.416 e. The van der Waals surface area contributed by atoms with Crippen LogP contribution in [0.2, 0.25) is 5.02 Å². The van der Waals surface area contributed by atoms with Gasteiger partial charge in [0.05, 0.1) is 22.5 Å². The van der Waals surface area contributed by atoms with Gasteiger partial charge < -0.3 is 10.6 Å². The highest BCUT2D eigenvalue weighted by Crippen LogP contribution is 2.34. The van der Waals surface area contributed by atoms with Gasteiger partial charge in [-0.3, -0.25) is 0 Å². The fourth-order valence-electron chi connectivity index (χ4n) is 2.05. The topological polar surface area (TPSA) is 62.7 Å². The maximum absolute atomic E-state index is 13.2. The van der Waals surface area contributed by atoms with Crippen LogP contribution in [-0.2, 0) is 6.18 Å². The SMILES string of the molecule is Fc1cccc(Nc2nncc(Nc3cc(C(F)(F)F)ccc3Cl)n2)c1. The third-order valence-electron chi connectivity index (χ3n) is 3.20. The summed E-state index contributed by atoms with van der Waals surface area (Å²) in [5, 5.41) is 12.9. The summed E-state index contributed by atoms with van der Waals surface area (Å²) in [6, 6.07) is 8.47. The van der Waals surface area contributed by atoms with E-state index in [1.54, 1.807) is 6.07 Å². The number of hydrogen-bond acceptors (Lipinski definition) is 5. The standard InChI is InChI=1S/C16H10ClF4N5/c17-12-5-4-9(16(19,20)21)6-13(12)24-14-8-22-26-15(25-14)23-11-3-1-2-10(18)7-11/h1-8H,(H2,23,24,25,26). The monoisotopic (exact) mass is 383 g/mol. The van der Waals surface area contributed by atoms with Crippen molar-refractivity contribution in [2.75, 3.05) is 10.6 Å². The number of rotatable bonds is 4. The van der Waals surface area contributed by atoms with Crippen LogP contribution in [0.1, 0.15) is 5.56 Å². The van der Waals surface area contributed by atoms with E-state index in [1.165, 1.54) is 24.4 Å². The van der Waals surface area contributed by atoms with Gasteiger partial charge in [-0.25, -0.2) is 4.39 Å². The molecule has 2 N–H and O–H groups in total. The first kappa shape index (κ1) is 17.9. The third kappa shape index (κ3) is 4.37. The van der Waals surface area contributed by atoms with Gasteiger partial charge in [0, 0.05) is 5.69 Å². The molecule has 0 aliphatic rings. The fourth-order valence-corrected chi connectivity index (χ4v) is 2.21. The summed E-state index contributed by atoms with van der Waals surface area (Å²) >= 11 is 5.93. The van der Waals surface area contributed by atoms with Crippen molar-refractivity contribution in [1.82, 2.24) is 15.2 Å². The molecule has 0 aliphatic heterocycles. The van der Waals surface area contributed by atoms with Crippen molar-refractivity contribution in [1.29, 1.82) is 0 Å². The maximum Gasteiger partial charge on any atom is 0.416 e. The van der Waals surface area contributed by atoms with Gasteiger partial charge in [0.25, 0.3) is 0 Å². The molecule has 134 valence electrons. The second kappa shape index (κ2) is 7.12. The molecule has 3 rings (SSSR count). The number of nitrogens with one attached hydrogen (secondary N) is 2. The van der Waals surface area contributed by atoms with Crippen LogP contribution in [-0.4, -0.2) is 15.2 Å². The Morgan fingerprint density at radius 2 is 1.81 bits per heavy atom. The Morgan fingerprint density at radius 1 is 1.00 bits per heavy atom.